The summed E-state index contributed by atoms with van der Waals surface area (Å²) in [6.45, 7) is 5.67. The summed E-state index contributed by atoms with van der Waals surface area (Å²) in [6.07, 6.45) is 1.95. The van der Waals surface area contributed by atoms with Crippen LogP contribution in [0.4, 0.5) is 11.4 Å². The summed E-state index contributed by atoms with van der Waals surface area (Å²) in [7, 11) is 1.41. The number of para-hydroxylation sites is 1. The number of aryl methyl sites for hydroxylation is 1. The largest absolute Gasteiger partial charge is 0.465 e. The number of carbonyl (C=O) groups is 1. The van der Waals surface area contributed by atoms with Crippen molar-refractivity contribution in [2.45, 2.75) is 32.7 Å². The molecule has 27 heavy (non-hydrogen) atoms. The molecule has 1 N–H and O–H groups in total. The van der Waals surface area contributed by atoms with Gasteiger partial charge in [0.1, 0.15) is 6.07 Å². The Hall–Kier alpha value is -3.00. The maximum Gasteiger partial charge on any atom is 0.338 e. The van der Waals surface area contributed by atoms with Crippen LogP contribution in [-0.2, 0) is 4.74 Å². The van der Waals surface area contributed by atoms with E-state index in [0.717, 1.165) is 54.0 Å². The minimum Gasteiger partial charge on any atom is -0.465 e. The molecule has 0 bridgehead atoms. The van der Waals surface area contributed by atoms with Crippen LogP contribution in [-0.4, -0.2) is 32.2 Å². The molecule has 0 aromatic heterocycles. The number of anilines is 2. The van der Waals surface area contributed by atoms with Crippen LogP contribution in [0.3, 0.4) is 0 Å². The van der Waals surface area contributed by atoms with Gasteiger partial charge in [0.15, 0.2) is 0 Å². The standard InChI is InChI=1S/C22H25N3O2/c1-15-8-9-19(16(2)21(15)22(26)27-3)24-18-10-12-25(13-11-18)20-7-5-4-6-17(20)14-23/h4-9,18,24H,10-13H2,1-3H3. The molecule has 1 saturated heterocycles. The van der Waals surface area contributed by atoms with Crippen LogP contribution in [0.25, 0.3) is 0 Å². The first-order valence-electron chi connectivity index (χ1n) is 9.24. The summed E-state index contributed by atoms with van der Waals surface area (Å²) in [5.41, 5.74) is 5.21. The lowest BCUT2D eigenvalue weighted by Crippen LogP contribution is -2.39. The predicted molar refractivity (Wildman–Crippen MR) is 107 cm³/mol. The number of hydrogen-bond acceptors (Lipinski definition) is 5. The van der Waals surface area contributed by atoms with E-state index in [1.807, 2.05) is 50.2 Å². The Balaban J connectivity index is 1.70. The monoisotopic (exact) mass is 363 g/mol. The van der Waals surface area contributed by atoms with E-state index < -0.39 is 0 Å². The first-order chi connectivity index (χ1) is 13.0. The quantitative estimate of drug-likeness (QED) is 0.831. The Morgan fingerprint density at radius 3 is 2.56 bits per heavy atom. The van der Waals surface area contributed by atoms with E-state index in [1.165, 1.54) is 7.11 Å². The zero-order chi connectivity index (χ0) is 19.4. The first-order valence-corrected chi connectivity index (χ1v) is 9.24. The molecule has 5 nitrogen and oxygen atoms in total. The third kappa shape index (κ3) is 3.90. The molecule has 0 amide bonds. The number of nitrogens with one attached hydrogen (secondary N) is 1. The van der Waals surface area contributed by atoms with E-state index in [1.54, 1.807) is 0 Å². The Labute approximate surface area is 160 Å². The van der Waals surface area contributed by atoms with Gasteiger partial charge < -0.3 is 15.0 Å². The van der Waals surface area contributed by atoms with Crippen LogP contribution in [0.5, 0.6) is 0 Å². The van der Waals surface area contributed by atoms with E-state index in [9.17, 15) is 10.1 Å². The van der Waals surface area contributed by atoms with Crippen molar-refractivity contribution < 1.29 is 9.53 Å². The molecule has 0 radical (unpaired) electrons. The second-order valence-corrected chi connectivity index (χ2v) is 6.96. The molecule has 0 atom stereocenters. The average Bonchev–Trinajstić information content (AvgIpc) is 2.70. The van der Waals surface area contributed by atoms with Crippen LogP contribution in [0.15, 0.2) is 36.4 Å². The van der Waals surface area contributed by atoms with Gasteiger partial charge in [0.2, 0.25) is 0 Å². The Bertz CT molecular complexity index is 878. The fourth-order valence-electron chi connectivity index (χ4n) is 3.75. The van der Waals surface area contributed by atoms with E-state index in [4.69, 9.17) is 4.74 Å². The highest BCUT2D eigenvalue weighted by Crippen LogP contribution is 2.28. The molecule has 1 fully saturated rings. The number of esters is 1. The van der Waals surface area contributed by atoms with Crippen LogP contribution in [0.2, 0.25) is 0 Å². The molecule has 0 spiro atoms. The third-order valence-corrected chi connectivity index (χ3v) is 5.28. The maximum absolute atomic E-state index is 12.1. The molecular weight excluding hydrogens is 338 g/mol. The van der Waals surface area contributed by atoms with Crippen molar-refractivity contribution in [3.05, 3.63) is 58.7 Å². The molecule has 2 aromatic carbocycles. The Kier molecular flexibility index (Phi) is 5.66. The number of rotatable bonds is 4. The van der Waals surface area contributed by atoms with E-state index in [-0.39, 0.29) is 5.97 Å². The average molecular weight is 363 g/mol. The van der Waals surface area contributed by atoms with E-state index in [0.29, 0.717) is 11.6 Å². The zero-order valence-corrected chi connectivity index (χ0v) is 16.1. The Morgan fingerprint density at radius 2 is 1.89 bits per heavy atom. The Morgan fingerprint density at radius 1 is 1.19 bits per heavy atom. The van der Waals surface area contributed by atoms with Crippen molar-refractivity contribution in [1.29, 1.82) is 5.26 Å². The normalized spacial score (nSPS) is 14.5. The topological polar surface area (TPSA) is 65.4 Å². The van der Waals surface area contributed by atoms with Gasteiger partial charge in [0, 0.05) is 24.8 Å². The number of piperidine rings is 1. The van der Waals surface area contributed by atoms with Crippen molar-refractivity contribution in [1.82, 2.24) is 0 Å². The van der Waals surface area contributed by atoms with Gasteiger partial charge in [-0.2, -0.15) is 5.26 Å². The van der Waals surface area contributed by atoms with Gasteiger partial charge >= 0.3 is 5.97 Å². The summed E-state index contributed by atoms with van der Waals surface area (Å²) < 4.78 is 4.93. The smallest absolute Gasteiger partial charge is 0.338 e. The van der Waals surface area contributed by atoms with Gasteiger partial charge in [-0.1, -0.05) is 18.2 Å². The highest BCUT2D eigenvalue weighted by molar-refractivity contribution is 5.94. The number of methoxy groups -OCH3 is 1. The summed E-state index contributed by atoms with van der Waals surface area (Å²) in [4.78, 5) is 14.4. The third-order valence-electron chi connectivity index (χ3n) is 5.28. The van der Waals surface area contributed by atoms with Crippen molar-refractivity contribution >= 4 is 17.3 Å². The summed E-state index contributed by atoms with van der Waals surface area (Å²) in [5, 5.41) is 12.9. The highest BCUT2D eigenvalue weighted by atomic mass is 16.5. The highest BCUT2D eigenvalue weighted by Gasteiger charge is 2.22. The maximum atomic E-state index is 12.1. The molecule has 1 aliphatic rings. The molecule has 140 valence electrons. The molecule has 5 heteroatoms. The van der Waals surface area contributed by atoms with Crippen molar-refractivity contribution in [3.63, 3.8) is 0 Å². The molecule has 1 aliphatic heterocycles. The second kappa shape index (κ2) is 8.13. The molecule has 3 rings (SSSR count). The lowest BCUT2D eigenvalue weighted by molar-refractivity contribution is 0.0599. The van der Waals surface area contributed by atoms with Crippen molar-refractivity contribution in [2.24, 2.45) is 0 Å². The molecule has 0 saturated carbocycles. The van der Waals surface area contributed by atoms with Crippen LogP contribution in [0.1, 0.15) is 39.9 Å². The lowest BCUT2D eigenvalue weighted by atomic mass is 9.98. The molecule has 0 aliphatic carbocycles. The lowest BCUT2D eigenvalue weighted by Gasteiger charge is -2.35. The number of nitrogens with zero attached hydrogens (tertiary/aromatic N) is 2. The second-order valence-electron chi connectivity index (χ2n) is 6.96. The van der Waals surface area contributed by atoms with Crippen molar-refractivity contribution in [3.8, 4) is 6.07 Å². The minimum atomic E-state index is -0.295. The van der Waals surface area contributed by atoms with Crippen molar-refractivity contribution in [2.75, 3.05) is 30.4 Å². The van der Waals surface area contributed by atoms with Gasteiger partial charge in [-0.15, -0.1) is 0 Å². The van der Waals surface area contributed by atoms with Gasteiger partial charge in [-0.25, -0.2) is 4.79 Å². The van der Waals surface area contributed by atoms with Crippen LogP contribution in [0, 0.1) is 25.2 Å². The minimum absolute atomic E-state index is 0.295. The summed E-state index contributed by atoms with van der Waals surface area (Å²) in [6, 6.07) is 14.4. The summed E-state index contributed by atoms with van der Waals surface area (Å²) >= 11 is 0. The number of carbonyl (C=O) groups excluding carboxylic acids is 1. The fraction of sp³-hybridized carbons (Fsp3) is 0.364. The molecule has 2 aromatic rings. The first kappa shape index (κ1) is 18.8. The zero-order valence-electron chi connectivity index (χ0n) is 16.1. The van der Waals surface area contributed by atoms with E-state index in [2.05, 4.69) is 16.3 Å². The molecule has 0 unspecified atom stereocenters. The van der Waals surface area contributed by atoms with Gasteiger partial charge in [0.25, 0.3) is 0 Å². The molecule has 1 heterocycles. The number of nitriles is 1. The SMILES string of the molecule is COC(=O)c1c(C)ccc(NC2CCN(c3ccccc3C#N)CC2)c1C. The van der Waals surface area contributed by atoms with Gasteiger partial charge in [-0.3, -0.25) is 0 Å². The van der Waals surface area contributed by atoms with Crippen LogP contribution < -0.4 is 10.2 Å². The predicted octanol–water partition coefficient (Wildman–Crippen LogP) is 4.04. The van der Waals surface area contributed by atoms with Crippen LogP contribution >= 0.6 is 0 Å². The summed E-state index contributed by atoms with van der Waals surface area (Å²) in [5.74, 6) is -0.295. The van der Waals surface area contributed by atoms with E-state index >= 15 is 0 Å². The van der Waals surface area contributed by atoms with Gasteiger partial charge in [0.05, 0.1) is 23.9 Å². The van der Waals surface area contributed by atoms with Gasteiger partial charge in [-0.05, 0) is 56.0 Å². The fourth-order valence-corrected chi connectivity index (χ4v) is 3.75. The number of benzene rings is 2. The number of ether oxygens (including phenoxy) is 1. The molecular formula is C22H25N3O2. The number of hydrogen-bond donors (Lipinski definition) is 1.